The Kier molecular flexibility index (Phi) is 6.66. The van der Waals surface area contributed by atoms with E-state index in [-0.39, 0.29) is 24.4 Å². The van der Waals surface area contributed by atoms with Crippen molar-refractivity contribution < 1.29 is 22.7 Å². The Hall–Kier alpha value is -1.80. The summed E-state index contributed by atoms with van der Waals surface area (Å²) in [6.07, 6.45) is 2.56. The number of sulfonamides is 1. The zero-order valence-corrected chi connectivity index (χ0v) is 15.7. The van der Waals surface area contributed by atoms with E-state index < -0.39 is 10.0 Å². The molecule has 0 saturated carbocycles. The Morgan fingerprint density at radius 3 is 2.68 bits per heavy atom. The van der Waals surface area contributed by atoms with Crippen LogP contribution in [-0.2, 0) is 14.8 Å². The fourth-order valence-corrected chi connectivity index (χ4v) is 3.72. The van der Waals surface area contributed by atoms with Crippen LogP contribution in [0.25, 0.3) is 0 Å². The summed E-state index contributed by atoms with van der Waals surface area (Å²) in [5.74, 6) is 0.797. The Labute approximate surface area is 149 Å². The lowest BCUT2D eigenvalue weighted by Gasteiger charge is -2.30. The van der Waals surface area contributed by atoms with Gasteiger partial charge in [-0.2, -0.15) is 0 Å². The number of amides is 1. The molecule has 1 saturated heterocycles. The predicted molar refractivity (Wildman–Crippen MR) is 95.2 cm³/mol. The minimum atomic E-state index is -3.26. The second-order valence-electron chi connectivity index (χ2n) is 6.33. The molecular formula is C17H26N2O5S. The summed E-state index contributed by atoms with van der Waals surface area (Å²) in [6, 6.07) is 7.11. The van der Waals surface area contributed by atoms with Crippen molar-refractivity contribution in [3.63, 3.8) is 0 Å². The van der Waals surface area contributed by atoms with E-state index in [1.807, 2.05) is 19.1 Å². The molecule has 0 aliphatic carbocycles. The summed E-state index contributed by atoms with van der Waals surface area (Å²) in [4.78, 5) is 12.4. The second-order valence-corrected chi connectivity index (χ2v) is 8.31. The zero-order valence-electron chi connectivity index (χ0n) is 14.9. The molecule has 0 aromatic heterocycles. The number of carbonyl (C=O) groups is 1. The van der Waals surface area contributed by atoms with Crippen LogP contribution in [0.4, 0.5) is 0 Å². The van der Waals surface area contributed by atoms with E-state index in [0.29, 0.717) is 37.5 Å². The number of nitrogens with zero attached hydrogens (tertiary/aromatic N) is 1. The number of piperidine rings is 1. The van der Waals surface area contributed by atoms with Gasteiger partial charge in [-0.25, -0.2) is 12.7 Å². The van der Waals surface area contributed by atoms with Gasteiger partial charge >= 0.3 is 0 Å². The topological polar surface area (TPSA) is 84.9 Å². The maximum absolute atomic E-state index is 12.4. The Balaban J connectivity index is 1.85. The van der Waals surface area contributed by atoms with Gasteiger partial charge in [0.25, 0.3) is 0 Å². The normalized spacial score (nSPS) is 19.9. The SMILES string of the molecule is COc1ccccc1OCC(C)NC(=O)C1CCCN(S(C)(=O)=O)C1. The third-order valence-electron chi connectivity index (χ3n) is 4.17. The Bertz CT molecular complexity index is 692. The standard InChI is InChI=1S/C17H26N2O5S/c1-13(12-24-16-9-5-4-8-15(16)23-2)18-17(20)14-7-6-10-19(11-14)25(3,21)22/h4-5,8-9,13-14H,6-7,10-12H2,1-3H3,(H,18,20). The highest BCUT2D eigenvalue weighted by molar-refractivity contribution is 7.88. The van der Waals surface area contributed by atoms with Crippen LogP contribution in [0.1, 0.15) is 19.8 Å². The maximum atomic E-state index is 12.4. The van der Waals surface area contributed by atoms with E-state index in [1.54, 1.807) is 19.2 Å². The first-order valence-corrected chi connectivity index (χ1v) is 10.2. The zero-order chi connectivity index (χ0) is 18.4. The molecule has 2 unspecified atom stereocenters. The molecule has 2 atom stereocenters. The first-order valence-electron chi connectivity index (χ1n) is 8.32. The van der Waals surface area contributed by atoms with E-state index in [1.165, 1.54) is 10.6 Å². The fraction of sp³-hybridized carbons (Fsp3) is 0.588. The number of benzene rings is 1. The van der Waals surface area contributed by atoms with Gasteiger partial charge in [-0.1, -0.05) is 12.1 Å². The second kappa shape index (κ2) is 8.53. The van der Waals surface area contributed by atoms with Crippen molar-refractivity contribution in [1.82, 2.24) is 9.62 Å². The Morgan fingerprint density at radius 2 is 2.04 bits per heavy atom. The van der Waals surface area contributed by atoms with Crippen LogP contribution in [0.5, 0.6) is 11.5 Å². The molecule has 140 valence electrons. The maximum Gasteiger partial charge on any atom is 0.224 e. The van der Waals surface area contributed by atoms with E-state index >= 15 is 0 Å². The minimum absolute atomic E-state index is 0.135. The van der Waals surface area contributed by atoms with Gasteiger partial charge in [0.15, 0.2) is 11.5 Å². The highest BCUT2D eigenvalue weighted by Gasteiger charge is 2.30. The monoisotopic (exact) mass is 370 g/mol. The summed E-state index contributed by atoms with van der Waals surface area (Å²) in [5.41, 5.74) is 0. The number of para-hydroxylation sites is 2. The van der Waals surface area contributed by atoms with Gasteiger partial charge in [0.1, 0.15) is 6.61 Å². The number of methoxy groups -OCH3 is 1. The van der Waals surface area contributed by atoms with Gasteiger partial charge in [0.05, 0.1) is 25.3 Å². The molecule has 25 heavy (non-hydrogen) atoms. The molecule has 1 aromatic rings. The van der Waals surface area contributed by atoms with Crippen molar-refractivity contribution in [3.8, 4) is 11.5 Å². The predicted octanol–water partition coefficient (Wildman–Crippen LogP) is 1.25. The van der Waals surface area contributed by atoms with Gasteiger partial charge in [-0.05, 0) is 31.9 Å². The van der Waals surface area contributed by atoms with E-state index in [2.05, 4.69) is 5.32 Å². The van der Waals surface area contributed by atoms with E-state index in [4.69, 9.17) is 9.47 Å². The summed E-state index contributed by atoms with van der Waals surface area (Å²) in [7, 11) is -1.69. The number of nitrogens with one attached hydrogen (secondary N) is 1. The number of ether oxygens (including phenoxy) is 2. The quantitative estimate of drug-likeness (QED) is 0.781. The van der Waals surface area contributed by atoms with Crippen LogP contribution >= 0.6 is 0 Å². The van der Waals surface area contributed by atoms with Crippen molar-refractivity contribution in [2.75, 3.05) is 33.1 Å². The van der Waals surface area contributed by atoms with Crippen LogP contribution < -0.4 is 14.8 Å². The number of rotatable bonds is 7. The average molecular weight is 370 g/mol. The lowest BCUT2D eigenvalue weighted by Crippen LogP contribution is -2.47. The van der Waals surface area contributed by atoms with Gasteiger partial charge in [0, 0.05) is 13.1 Å². The molecule has 2 rings (SSSR count). The average Bonchev–Trinajstić information content (AvgIpc) is 2.59. The molecule has 1 amide bonds. The lowest BCUT2D eigenvalue weighted by molar-refractivity contribution is -0.126. The van der Waals surface area contributed by atoms with Gasteiger partial charge < -0.3 is 14.8 Å². The van der Waals surface area contributed by atoms with Crippen molar-refractivity contribution in [2.45, 2.75) is 25.8 Å². The molecule has 8 heteroatoms. The summed E-state index contributed by atoms with van der Waals surface area (Å²) >= 11 is 0. The smallest absolute Gasteiger partial charge is 0.224 e. The van der Waals surface area contributed by atoms with Crippen molar-refractivity contribution >= 4 is 15.9 Å². The number of carbonyl (C=O) groups excluding carboxylic acids is 1. The molecule has 1 heterocycles. The summed E-state index contributed by atoms with van der Waals surface area (Å²) < 4.78 is 35.6. The van der Waals surface area contributed by atoms with Crippen molar-refractivity contribution in [3.05, 3.63) is 24.3 Å². The lowest BCUT2D eigenvalue weighted by atomic mass is 9.98. The summed E-state index contributed by atoms with van der Waals surface area (Å²) in [5, 5.41) is 2.90. The van der Waals surface area contributed by atoms with Gasteiger partial charge in [-0.3, -0.25) is 4.79 Å². The van der Waals surface area contributed by atoms with Gasteiger partial charge in [0.2, 0.25) is 15.9 Å². The molecule has 0 bridgehead atoms. The molecule has 1 aliphatic heterocycles. The van der Waals surface area contributed by atoms with E-state index in [0.717, 1.165) is 0 Å². The number of hydrogen-bond donors (Lipinski definition) is 1. The van der Waals surface area contributed by atoms with Gasteiger partial charge in [-0.15, -0.1) is 0 Å². The molecule has 1 aliphatic rings. The van der Waals surface area contributed by atoms with Crippen LogP contribution in [0.15, 0.2) is 24.3 Å². The number of hydrogen-bond acceptors (Lipinski definition) is 5. The first-order chi connectivity index (χ1) is 11.8. The molecule has 1 fully saturated rings. The van der Waals surface area contributed by atoms with Crippen molar-refractivity contribution in [1.29, 1.82) is 0 Å². The molecule has 0 radical (unpaired) electrons. The van der Waals surface area contributed by atoms with Crippen LogP contribution in [0.3, 0.4) is 0 Å². The molecule has 7 nitrogen and oxygen atoms in total. The molecule has 1 N–H and O–H groups in total. The van der Waals surface area contributed by atoms with Crippen LogP contribution in [0.2, 0.25) is 0 Å². The first kappa shape index (κ1) is 19.5. The Morgan fingerprint density at radius 1 is 1.36 bits per heavy atom. The minimum Gasteiger partial charge on any atom is -0.493 e. The molecular weight excluding hydrogens is 344 g/mol. The van der Waals surface area contributed by atoms with Crippen molar-refractivity contribution in [2.24, 2.45) is 5.92 Å². The largest absolute Gasteiger partial charge is 0.493 e. The molecule has 1 aromatic carbocycles. The highest BCUT2D eigenvalue weighted by Crippen LogP contribution is 2.25. The van der Waals surface area contributed by atoms with Crippen LogP contribution in [-0.4, -0.2) is 57.7 Å². The summed E-state index contributed by atoms with van der Waals surface area (Å²) in [6.45, 7) is 2.87. The van der Waals surface area contributed by atoms with Crippen LogP contribution in [0, 0.1) is 5.92 Å². The third kappa shape index (κ3) is 5.61. The molecule has 0 spiro atoms. The highest BCUT2D eigenvalue weighted by atomic mass is 32.2. The fourth-order valence-electron chi connectivity index (χ4n) is 2.81. The third-order valence-corrected chi connectivity index (χ3v) is 5.44. The van der Waals surface area contributed by atoms with E-state index in [9.17, 15) is 13.2 Å².